The summed E-state index contributed by atoms with van der Waals surface area (Å²) in [6.45, 7) is 6.29. The minimum Gasteiger partial charge on any atom is -0.372 e. The quantitative estimate of drug-likeness (QED) is 0.622. The lowest BCUT2D eigenvalue weighted by Crippen LogP contribution is -2.17. The zero-order valence-electron chi connectivity index (χ0n) is 16.0. The Kier molecular flexibility index (Phi) is 5.93. The summed E-state index contributed by atoms with van der Waals surface area (Å²) in [4.78, 5) is 14.9. The molecule has 1 fully saturated rings. The Morgan fingerprint density at radius 3 is 2.48 bits per heavy atom. The first-order valence-electron chi connectivity index (χ1n) is 9.48. The van der Waals surface area contributed by atoms with Gasteiger partial charge in [0, 0.05) is 24.5 Å². The molecular weight excluding hydrogens is 334 g/mol. The largest absolute Gasteiger partial charge is 0.372 e. The summed E-state index contributed by atoms with van der Waals surface area (Å²) in [5.74, 6) is -0.384. The van der Waals surface area contributed by atoms with E-state index in [0.717, 1.165) is 30.6 Å². The predicted molar refractivity (Wildman–Crippen MR) is 111 cm³/mol. The molecule has 4 heteroatoms. The van der Waals surface area contributed by atoms with Crippen molar-refractivity contribution in [2.75, 3.05) is 23.3 Å². The van der Waals surface area contributed by atoms with Gasteiger partial charge in [-0.1, -0.05) is 25.1 Å². The van der Waals surface area contributed by atoms with Crippen molar-refractivity contribution in [2.45, 2.75) is 33.1 Å². The lowest BCUT2D eigenvalue weighted by atomic mass is 10.0. The SMILES string of the molecule is CCc1ccc(NC(=O)/C(C#N)=C\c2ccc(N3CCCC3)cc2C)cc1. The average Bonchev–Trinajstić information content (AvgIpc) is 3.22. The summed E-state index contributed by atoms with van der Waals surface area (Å²) >= 11 is 0. The minimum absolute atomic E-state index is 0.103. The van der Waals surface area contributed by atoms with Gasteiger partial charge in [0.2, 0.25) is 0 Å². The maximum Gasteiger partial charge on any atom is 0.266 e. The number of rotatable bonds is 5. The van der Waals surface area contributed by atoms with Gasteiger partial charge in [0.05, 0.1) is 0 Å². The molecule has 1 N–H and O–H groups in total. The van der Waals surface area contributed by atoms with E-state index in [-0.39, 0.29) is 11.5 Å². The first kappa shape index (κ1) is 18.7. The van der Waals surface area contributed by atoms with Crippen molar-refractivity contribution in [3.63, 3.8) is 0 Å². The van der Waals surface area contributed by atoms with Crippen molar-refractivity contribution >= 4 is 23.4 Å². The average molecular weight is 359 g/mol. The molecule has 1 heterocycles. The molecule has 0 aliphatic carbocycles. The van der Waals surface area contributed by atoms with Crippen LogP contribution in [0.1, 0.15) is 36.5 Å². The molecule has 2 aromatic rings. The summed E-state index contributed by atoms with van der Waals surface area (Å²) in [6.07, 6.45) is 5.08. The second kappa shape index (κ2) is 8.55. The van der Waals surface area contributed by atoms with Crippen LogP contribution in [0, 0.1) is 18.3 Å². The second-order valence-electron chi connectivity index (χ2n) is 6.91. The molecule has 0 spiro atoms. The third kappa shape index (κ3) is 4.57. The van der Waals surface area contributed by atoms with E-state index in [1.54, 1.807) is 6.08 Å². The van der Waals surface area contributed by atoms with E-state index in [2.05, 4.69) is 29.3 Å². The number of nitrogens with one attached hydrogen (secondary N) is 1. The zero-order chi connectivity index (χ0) is 19.2. The van der Waals surface area contributed by atoms with E-state index in [1.807, 2.05) is 43.3 Å². The first-order chi connectivity index (χ1) is 13.1. The number of benzene rings is 2. The highest BCUT2D eigenvalue weighted by molar-refractivity contribution is 6.09. The highest BCUT2D eigenvalue weighted by Crippen LogP contribution is 2.24. The van der Waals surface area contributed by atoms with Crippen molar-refractivity contribution in [1.82, 2.24) is 0 Å². The number of amides is 1. The fraction of sp³-hybridized carbons (Fsp3) is 0.304. The van der Waals surface area contributed by atoms with Gasteiger partial charge in [-0.15, -0.1) is 0 Å². The molecule has 0 unspecified atom stereocenters. The van der Waals surface area contributed by atoms with Crippen LogP contribution < -0.4 is 10.2 Å². The number of aryl methyl sites for hydroxylation is 2. The van der Waals surface area contributed by atoms with Crippen LogP contribution in [0.15, 0.2) is 48.0 Å². The zero-order valence-corrected chi connectivity index (χ0v) is 16.0. The Hall–Kier alpha value is -3.06. The van der Waals surface area contributed by atoms with Gasteiger partial charge in [-0.25, -0.2) is 0 Å². The molecule has 0 atom stereocenters. The molecule has 2 aromatic carbocycles. The number of carbonyl (C=O) groups excluding carboxylic acids is 1. The Morgan fingerprint density at radius 1 is 1.19 bits per heavy atom. The van der Waals surface area contributed by atoms with E-state index >= 15 is 0 Å². The summed E-state index contributed by atoms with van der Waals surface area (Å²) in [5.41, 5.74) is 5.17. The molecule has 0 bridgehead atoms. The van der Waals surface area contributed by atoms with Gasteiger partial charge in [0.15, 0.2) is 0 Å². The molecule has 0 saturated carbocycles. The van der Waals surface area contributed by atoms with Gasteiger partial charge >= 0.3 is 0 Å². The topological polar surface area (TPSA) is 56.1 Å². The van der Waals surface area contributed by atoms with E-state index < -0.39 is 0 Å². The van der Waals surface area contributed by atoms with Crippen LogP contribution in [-0.4, -0.2) is 19.0 Å². The van der Waals surface area contributed by atoms with Crippen molar-refractivity contribution in [3.8, 4) is 6.07 Å². The Labute approximate surface area is 161 Å². The minimum atomic E-state index is -0.384. The molecule has 0 radical (unpaired) electrons. The summed E-state index contributed by atoms with van der Waals surface area (Å²) in [5, 5.41) is 12.3. The number of hydrogen-bond acceptors (Lipinski definition) is 3. The number of anilines is 2. The smallest absolute Gasteiger partial charge is 0.266 e. The second-order valence-corrected chi connectivity index (χ2v) is 6.91. The van der Waals surface area contributed by atoms with Crippen LogP contribution in [0.2, 0.25) is 0 Å². The third-order valence-electron chi connectivity index (χ3n) is 5.01. The fourth-order valence-corrected chi connectivity index (χ4v) is 3.32. The first-order valence-corrected chi connectivity index (χ1v) is 9.48. The predicted octanol–water partition coefficient (Wildman–Crippen LogP) is 4.70. The van der Waals surface area contributed by atoms with Crippen molar-refractivity contribution < 1.29 is 4.79 Å². The molecule has 1 aliphatic rings. The highest BCUT2D eigenvalue weighted by Gasteiger charge is 2.14. The molecule has 27 heavy (non-hydrogen) atoms. The number of carbonyl (C=O) groups is 1. The Balaban J connectivity index is 1.76. The van der Waals surface area contributed by atoms with Crippen LogP contribution in [0.3, 0.4) is 0 Å². The van der Waals surface area contributed by atoms with Crippen molar-refractivity contribution in [3.05, 3.63) is 64.7 Å². The normalized spacial score (nSPS) is 14.1. The fourth-order valence-electron chi connectivity index (χ4n) is 3.32. The van der Waals surface area contributed by atoms with Crippen molar-refractivity contribution in [2.24, 2.45) is 0 Å². The molecule has 4 nitrogen and oxygen atoms in total. The molecule has 1 amide bonds. The van der Waals surface area contributed by atoms with Crippen LogP contribution in [-0.2, 0) is 11.2 Å². The Bertz CT molecular complexity index is 885. The van der Waals surface area contributed by atoms with Gasteiger partial charge in [0.25, 0.3) is 5.91 Å². The summed E-state index contributed by atoms with van der Waals surface area (Å²) in [6, 6.07) is 15.9. The highest BCUT2D eigenvalue weighted by atomic mass is 16.1. The van der Waals surface area contributed by atoms with Crippen LogP contribution in [0.25, 0.3) is 6.08 Å². The van der Waals surface area contributed by atoms with Gasteiger partial charge < -0.3 is 10.2 Å². The van der Waals surface area contributed by atoms with Gasteiger partial charge in [-0.3, -0.25) is 4.79 Å². The lowest BCUT2D eigenvalue weighted by Gasteiger charge is -2.18. The molecular formula is C23H25N3O. The number of nitriles is 1. The molecule has 138 valence electrons. The van der Waals surface area contributed by atoms with Crippen LogP contribution >= 0.6 is 0 Å². The third-order valence-corrected chi connectivity index (χ3v) is 5.01. The maximum absolute atomic E-state index is 12.5. The van der Waals surface area contributed by atoms with Crippen molar-refractivity contribution in [1.29, 1.82) is 5.26 Å². The molecule has 0 aromatic heterocycles. The summed E-state index contributed by atoms with van der Waals surface area (Å²) < 4.78 is 0. The van der Waals surface area contributed by atoms with Crippen LogP contribution in [0.4, 0.5) is 11.4 Å². The van der Waals surface area contributed by atoms with E-state index in [0.29, 0.717) is 5.69 Å². The van der Waals surface area contributed by atoms with E-state index in [4.69, 9.17) is 0 Å². The Morgan fingerprint density at radius 2 is 1.89 bits per heavy atom. The monoisotopic (exact) mass is 359 g/mol. The number of nitrogens with zero attached hydrogens (tertiary/aromatic N) is 2. The molecule has 3 rings (SSSR count). The molecule has 1 saturated heterocycles. The summed E-state index contributed by atoms with van der Waals surface area (Å²) in [7, 11) is 0. The van der Waals surface area contributed by atoms with Gasteiger partial charge in [-0.05, 0) is 73.2 Å². The van der Waals surface area contributed by atoms with Crippen LogP contribution in [0.5, 0.6) is 0 Å². The maximum atomic E-state index is 12.5. The number of hydrogen-bond donors (Lipinski definition) is 1. The lowest BCUT2D eigenvalue weighted by molar-refractivity contribution is -0.112. The van der Waals surface area contributed by atoms with E-state index in [9.17, 15) is 10.1 Å². The standard InChI is InChI=1S/C23H25N3O/c1-3-18-6-9-21(10-7-18)25-23(27)20(16-24)15-19-8-11-22(14-17(19)2)26-12-4-5-13-26/h6-11,14-15H,3-5,12-13H2,1-2H3,(H,25,27)/b20-15-. The van der Waals surface area contributed by atoms with E-state index in [1.165, 1.54) is 24.1 Å². The molecule has 1 aliphatic heterocycles. The van der Waals surface area contributed by atoms with Gasteiger partial charge in [-0.2, -0.15) is 5.26 Å². The van der Waals surface area contributed by atoms with Gasteiger partial charge in [0.1, 0.15) is 11.6 Å².